The van der Waals surface area contributed by atoms with Crippen molar-refractivity contribution in [2.24, 2.45) is 5.92 Å². The quantitative estimate of drug-likeness (QED) is 0.307. The number of carboxylic acids is 2. The van der Waals surface area contributed by atoms with E-state index in [1.165, 1.54) is 48.4 Å². The first-order valence-electron chi connectivity index (χ1n) is 13.7. The number of hydrogen-bond acceptors (Lipinski definition) is 6. The van der Waals surface area contributed by atoms with E-state index in [1.54, 1.807) is 31.2 Å². The molecule has 4 rings (SSSR count). The molecule has 11 heteroatoms. The van der Waals surface area contributed by atoms with Crippen LogP contribution in [0.25, 0.3) is 10.8 Å². The van der Waals surface area contributed by atoms with Gasteiger partial charge in [-0.15, -0.1) is 0 Å². The lowest BCUT2D eigenvalue weighted by atomic mass is 9.88. The monoisotopic (exact) mass is 575 g/mol. The van der Waals surface area contributed by atoms with Gasteiger partial charge in [-0.2, -0.15) is 0 Å². The summed E-state index contributed by atoms with van der Waals surface area (Å²) in [4.78, 5) is 65.1. The number of amides is 3. The molecule has 3 aromatic rings. The average molecular weight is 576 g/mol. The first kappa shape index (κ1) is 30.0. The van der Waals surface area contributed by atoms with E-state index in [0.717, 1.165) is 37.0 Å². The molecule has 1 aliphatic carbocycles. The summed E-state index contributed by atoms with van der Waals surface area (Å²) in [7, 11) is 1.28. The van der Waals surface area contributed by atoms with Crippen molar-refractivity contribution in [1.29, 1.82) is 0 Å². The topological polar surface area (TPSA) is 154 Å². The van der Waals surface area contributed by atoms with Gasteiger partial charge >= 0.3 is 23.9 Å². The van der Waals surface area contributed by atoms with Crippen molar-refractivity contribution in [2.75, 3.05) is 23.9 Å². The van der Waals surface area contributed by atoms with Crippen molar-refractivity contribution in [2.45, 2.75) is 45.1 Å². The SMILES string of the molecule is COC(=O)N(CC1CCCCC1)[C@@H](C)C(=O)Nc1ccc(N(C(=O)C(=O)O)c2ccccc2C(=O)O)c2ccccc12. The molecule has 0 unspecified atom stereocenters. The van der Waals surface area contributed by atoms with Crippen molar-refractivity contribution in [3.05, 3.63) is 66.2 Å². The fourth-order valence-electron chi connectivity index (χ4n) is 5.42. The number of carbonyl (C=O) groups is 5. The maximum absolute atomic E-state index is 13.4. The molecular weight excluding hydrogens is 542 g/mol. The number of nitrogens with zero attached hydrogens (tertiary/aromatic N) is 2. The lowest BCUT2D eigenvalue weighted by molar-refractivity contribution is -0.148. The van der Waals surface area contributed by atoms with Gasteiger partial charge in [0.1, 0.15) is 6.04 Å². The minimum absolute atomic E-state index is 0.117. The minimum atomic E-state index is -1.77. The maximum atomic E-state index is 13.4. The summed E-state index contributed by atoms with van der Waals surface area (Å²) in [6.45, 7) is 2.03. The summed E-state index contributed by atoms with van der Waals surface area (Å²) in [6.07, 6.45) is 4.68. The first-order valence-corrected chi connectivity index (χ1v) is 13.7. The van der Waals surface area contributed by atoms with Crippen LogP contribution in [0.5, 0.6) is 0 Å². The number of rotatable bonds is 8. The lowest BCUT2D eigenvalue weighted by Crippen LogP contribution is -2.47. The molecule has 0 radical (unpaired) electrons. The van der Waals surface area contributed by atoms with Crippen molar-refractivity contribution in [1.82, 2.24) is 4.90 Å². The number of nitrogens with one attached hydrogen (secondary N) is 1. The molecule has 3 aromatic carbocycles. The molecule has 0 bridgehead atoms. The van der Waals surface area contributed by atoms with Crippen LogP contribution >= 0.6 is 0 Å². The number of hydrogen-bond donors (Lipinski definition) is 3. The lowest BCUT2D eigenvalue weighted by Gasteiger charge is -2.32. The third-order valence-corrected chi connectivity index (χ3v) is 7.60. The van der Waals surface area contributed by atoms with E-state index in [9.17, 15) is 34.2 Å². The van der Waals surface area contributed by atoms with Crippen molar-refractivity contribution in [3.8, 4) is 0 Å². The fraction of sp³-hybridized carbons (Fsp3) is 0.323. The Morgan fingerprint density at radius 2 is 1.52 bits per heavy atom. The maximum Gasteiger partial charge on any atom is 0.410 e. The Kier molecular flexibility index (Phi) is 9.41. The van der Waals surface area contributed by atoms with Crippen molar-refractivity contribution < 1.29 is 38.9 Å². The molecular formula is C31H33N3O8. The standard InChI is InChI=1S/C31H33N3O8/c1-19(33(31(41)42-2)18-20-10-4-3-5-11-20)27(35)32-24-16-17-26(22-13-7-6-12-21(22)24)34(28(36)30(39)40)25-15-9-8-14-23(25)29(37)38/h6-9,12-17,19-20H,3-5,10-11,18H2,1-2H3,(H,32,35)(H,37,38)(H,39,40)/t19-/m0/s1. The highest BCUT2D eigenvalue weighted by Crippen LogP contribution is 2.38. The van der Waals surface area contributed by atoms with Crippen LogP contribution in [0.3, 0.4) is 0 Å². The van der Waals surface area contributed by atoms with Gasteiger partial charge in [-0.1, -0.05) is 55.7 Å². The minimum Gasteiger partial charge on any atom is -0.478 e. The van der Waals surface area contributed by atoms with Crippen molar-refractivity contribution in [3.63, 3.8) is 0 Å². The molecule has 3 amide bonds. The molecule has 11 nitrogen and oxygen atoms in total. The zero-order valence-electron chi connectivity index (χ0n) is 23.4. The Hall–Kier alpha value is -4.93. The predicted octanol–water partition coefficient (Wildman–Crippen LogP) is 5.26. The molecule has 0 spiro atoms. The molecule has 1 saturated carbocycles. The van der Waals surface area contributed by atoms with E-state index in [4.69, 9.17) is 4.74 Å². The Bertz CT molecular complexity index is 1520. The van der Waals surface area contributed by atoms with Crippen molar-refractivity contribution >= 4 is 57.7 Å². The Balaban J connectivity index is 1.71. The van der Waals surface area contributed by atoms with E-state index >= 15 is 0 Å². The van der Waals surface area contributed by atoms with Gasteiger partial charge in [-0.25, -0.2) is 14.4 Å². The van der Waals surface area contributed by atoms with Gasteiger partial charge in [-0.3, -0.25) is 19.4 Å². The van der Waals surface area contributed by atoms with E-state index in [-0.39, 0.29) is 22.9 Å². The number of aliphatic carboxylic acids is 1. The van der Waals surface area contributed by atoms with Gasteiger partial charge in [0, 0.05) is 23.0 Å². The van der Waals surface area contributed by atoms with Crippen LogP contribution in [0.4, 0.5) is 21.9 Å². The van der Waals surface area contributed by atoms with Gasteiger partial charge in [0.05, 0.1) is 24.0 Å². The number of para-hydroxylation sites is 1. The third kappa shape index (κ3) is 6.35. The predicted molar refractivity (Wildman–Crippen MR) is 156 cm³/mol. The number of anilines is 3. The number of methoxy groups -OCH3 is 1. The van der Waals surface area contributed by atoms with E-state index < -0.39 is 35.9 Å². The summed E-state index contributed by atoms with van der Waals surface area (Å²) >= 11 is 0. The van der Waals surface area contributed by atoms with E-state index in [2.05, 4.69) is 5.32 Å². The Morgan fingerprint density at radius 3 is 2.17 bits per heavy atom. The summed E-state index contributed by atoms with van der Waals surface area (Å²) in [5, 5.41) is 23.1. The summed E-state index contributed by atoms with van der Waals surface area (Å²) in [5.41, 5.74) is 0.0989. The van der Waals surface area contributed by atoms with Gasteiger partial charge in [0.25, 0.3) is 0 Å². The second-order valence-electron chi connectivity index (χ2n) is 10.2. The third-order valence-electron chi connectivity index (χ3n) is 7.60. The number of carboxylic acid groups (broad SMARTS) is 2. The molecule has 42 heavy (non-hydrogen) atoms. The molecule has 1 fully saturated rings. The van der Waals surface area contributed by atoms with E-state index in [0.29, 0.717) is 23.0 Å². The van der Waals surface area contributed by atoms with Gasteiger partial charge in [-0.05, 0) is 49.9 Å². The van der Waals surface area contributed by atoms with Crippen LogP contribution in [0.2, 0.25) is 0 Å². The summed E-state index contributed by atoms with van der Waals surface area (Å²) < 4.78 is 4.98. The second kappa shape index (κ2) is 13.2. The molecule has 0 aromatic heterocycles. The van der Waals surface area contributed by atoms with Gasteiger partial charge in [0.15, 0.2) is 0 Å². The largest absolute Gasteiger partial charge is 0.478 e. The highest BCUT2D eigenvalue weighted by Gasteiger charge is 2.32. The van der Waals surface area contributed by atoms with Gasteiger partial charge in [0.2, 0.25) is 5.91 Å². The highest BCUT2D eigenvalue weighted by atomic mass is 16.5. The number of ether oxygens (including phenoxy) is 1. The number of carbonyl (C=O) groups excluding carboxylic acids is 3. The Morgan fingerprint density at radius 1 is 0.881 bits per heavy atom. The Labute approximate surface area is 242 Å². The molecule has 3 N–H and O–H groups in total. The van der Waals surface area contributed by atoms with Crippen LogP contribution in [0, 0.1) is 5.92 Å². The molecule has 1 atom stereocenters. The first-order chi connectivity index (χ1) is 20.1. The van der Waals surface area contributed by atoms with Crippen LogP contribution < -0.4 is 10.2 Å². The van der Waals surface area contributed by atoms with Crippen LogP contribution in [-0.2, 0) is 19.1 Å². The summed E-state index contributed by atoms with van der Waals surface area (Å²) in [6, 6.07) is 14.4. The normalized spacial score (nSPS) is 14.0. The van der Waals surface area contributed by atoms with Crippen LogP contribution in [0.1, 0.15) is 49.4 Å². The van der Waals surface area contributed by atoms with Crippen LogP contribution in [0.15, 0.2) is 60.7 Å². The molecule has 220 valence electrons. The smallest absolute Gasteiger partial charge is 0.410 e. The zero-order chi connectivity index (χ0) is 30.4. The number of fused-ring (bicyclic) bond motifs is 1. The second-order valence-corrected chi connectivity index (χ2v) is 10.2. The van der Waals surface area contributed by atoms with E-state index in [1.807, 2.05) is 0 Å². The molecule has 0 aliphatic heterocycles. The molecule has 0 heterocycles. The number of aromatic carboxylic acids is 1. The average Bonchev–Trinajstić information content (AvgIpc) is 3.00. The highest BCUT2D eigenvalue weighted by molar-refractivity contribution is 6.40. The number of benzene rings is 3. The molecule has 1 aliphatic rings. The van der Waals surface area contributed by atoms with Crippen LogP contribution in [-0.4, -0.2) is 64.7 Å². The zero-order valence-corrected chi connectivity index (χ0v) is 23.4. The molecule has 0 saturated heterocycles. The fourth-order valence-corrected chi connectivity index (χ4v) is 5.42. The summed E-state index contributed by atoms with van der Waals surface area (Å²) in [5.74, 6) is -4.63. The van der Waals surface area contributed by atoms with Gasteiger partial charge < -0.3 is 20.3 Å².